The number of hydrogen-bond donors (Lipinski definition) is 1. The largest absolute Gasteiger partial charge is 0.322 e. The van der Waals surface area contributed by atoms with Crippen molar-refractivity contribution in [1.82, 2.24) is 10.2 Å². The van der Waals surface area contributed by atoms with E-state index in [0.717, 1.165) is 25.7 Å². The summed E-state index contributed by atoms with van der Waals surface area (Å²) in [5.74, 6) is 0.949. The number of rotatable bonds is 6. The zero-order valence-electron chi connectivity index (χ0n) is 15.0. The van der Waals surface area contributed by atoms with E-state index < -0.39 is 0 Å². The molecule has 1 heterocycles. The van der Waals surface area contributed by atoms with Crippen molar-refractivity contribution in [2.24, 2.45) is 16.7 Å². The number of carbonyl (C=O) groups is 1. The fourth-order valence-electron chi connectivity index (χ4n) is 4.12. The Balaban J connectivity index is 2.17. The normalized spacial score (nSPS) is 31.2. The van der Waals surface area contributed by atoms with Gasteiger partial charge in [-0.15, -0.1) is 0 Å². The summed E-state index contributed by atoms with van der Waals surface area (Å²) >= 11 is 0. The van der Waals surface area contributed by atoms with Gasteiger partial charge in [0, 0.05) is 6.04 Å². The van der Waals surface area contributed by atoms with Crippen molar-refractivity contribution in [2.75, 3.05) is 0 Å². The van der Waals surface area contributed by atoms with Gasteiger partial charge in [-0.1, -0.05) is 61.3 Å². The van der Waals surface area contributed by atoms with Gasteiger partial charge in [0.1, 0.15) is 0 Å². The molecule has 3 heteroatoms. The monoisotopic (exact) mass is 294 g/mol. The van der Waals surface area contributed by atoms with Gasteiger partial charge in [0.2, 0.25) is 5.91 Å². The standard InChI is InChI=1S/C18H34N2O/c1-8-9-10-13-15(21)20(14(19-13)11-12(2)3)16-17(4,5)18(16,6)7/h12-14,16,19H,8-11H2,1-7H3. The van der Waals surface area contributed by atoms with Gasteiger partial charge in [0.05, 0.1) is 12.2 Å². The van der Waals surface area contributed by atoms with Crippen LogP contribution >= 0.6 is 0 Å². The topological polar surface area (TPSA) is 32.3 Å². The summed E-state index contributed by atoms with van der Waals surface area (Å²) in [4.78, 5) is 15.1. The fourth-order valence-corrected chi connectivity index (χ4v) is 4.12. The van der Waals surface area contributed by atoms with Crippen LogP contribution < -0.4 is 5.32 Å². The van der Waals surface area contributed by atoms with Crippen molar-refractivity contribution in [3.8, 4) is 0 Å². The van der Waals surface area contributed by atoms with Gasteiger partial charge >= 0.3 is 0 Å². The molecule has 0 aromatic rings. The highest BCUT2D eigenvalue weighted by atomic mass is 16.2. The summed E-state index contributed by atoms with van der Waals surface area (Å²) in [6, 6.07) is 0.418. The SMILES string of the molecule is CCCCC1NC(CC(C)C)N(C2C(C)(C)C2(C)C)C1=O. The van der Waals surface area contributed by atoms with E-state index in [1.165, 1.54) is 0 Å². The number of amides is 1. The lowest BCUT2D eigenvalue weighted by molar-refractivity contribution is -0.131. The third-order valence-electron chi connectivity index (χ3n) is 6.05. The van der Waals surface area contributed by atoms with Gasteiger partial charge in [-0.05, 0) is 29.6 Å². The third-order valence-corrected chi connectivity index (χ3v) is 6.05. The Bertz CT molecular complexity index is 386. The molecule has 2 unspecified atom stereocenters. The molecule has 0 radical (unpaired) electrons. The first-order chi connectivity index (χ1) is 9.64. The number of nitrogens with one attached hydrogen (secondary N) is 1. The summed E-state index contributed by atoms with van der Waals surface area (Å²) in [6.45, 7) is 15.9. The van der Waals surface area contributed by atoms with Crippen LogP contribution in [0, 0.1) is 16.7 Å². The summed E-state index contributed by atoms with van der Waals surface area (Å²) in [5, 5.41) is 3.63. The highest BCUT2D eigenvalue weighted by molar-refractivity contribution is 5.85. The average molecular weight is 294 g/mol. The van der Waals surface area contributed by atoms with Gasteiger partial charge in [-0.25, -0.2) is 0 Å². The molecule has 0 bridgehead atoms. The van der Waals surface area contributed by atoms with Crippen LogP contribution in [-0.2, 0) is 4.79 Å². The third kappa shape index (κ3) is 2.74. The molecule has 2 aliphatic rings. The van der Waals surface area contributed by atoms with Crippen molar-refractivity contribution in [1.29, 1.82) is 0 Å². The van der Waals surface area contributed by atoms with E-state index >= 15 is 0 Å². The Morgan fingerprint density at radius 1 is 1.19 bits per heavy atom. The van der Waals surface area contributed by atoms with Gasteiger partial charge < -0.3 is 4.90 Å². The van der Waals surface area contributed by atoms with E-state index in [0.29, 0.717) is 17.9 Å². The van der Waals surface area contributed by atoms with Crippen LogP contribution in [0.1, 0.15) is 74.1 Å². The highest BCUT2D eigenvalue weighted by Crippen LogP contribution is 2.66. The van der Waals surface area contributed by atoms with Crippen LogP contribution in [0.2, 0.25) is 0 Å². The number of nitrogens with zero attached hydrogens (tertiary/aromatic N) is 1. The molecule has 0 spiro atoms. The molecule has 0 aromatic heterocycles. The Labute approximate surface area is 130 Å². The molecule has 1 amide bonds. The van der Waals surface area contributed by atoms with Gasteiger partial charge in [-0.2, -0.15) is 0 Å². The quantitative estimate of drug-likeness (QED) is 0.808. The Morgan fingerprint density at radius 2 is 1.76 bits per heavy atom. The average Bonchev–Trinajstić information content (AvgIpc) is 2.62. The minimum atomic E-state index is 0.0425. The van der Waals surface area contributed by atoms with Crippen molar-refractivity contribution >= 4 is 5.91 Å². The van der Waals surface area contributed by atoms with E-state index in [9.17, 15) is 4.79 Å². The molecular weight excluding hydrogens is 260 g/mol. The molecule has 1 aliphatic carbocycles. The Morgan fingerprint density at radius 3 is 2.19 bits per heavy atom. The zero-order valence-corrected chi connectivity index (χ0v) is 15.0. The van der Waals surface area contributed by atoms with Crippen LogP contribution in [0.3, 0.4) is 0 Å². The second kappa shape index (κ2) is 5.57. The molecule has 2 fully saturated rings. The van der Waals surface area contributed by atoms with E-state index in [2.05, 4.69) is 58.7 Å². The zero-order chi connectivity index (χ0) is 16.0. The summed E-state index contributed by atoms with van der Waals surface area (Å²) in [5.41, 5.74) is 0.443. The van der Waals surface area contributed by atoms with Gasteiger partial charge in [0.15, 0.2) is 0 Å². The first-order valence-corrected chi connectivity index (χ1v) is 8.72. The molecule has 2 rings (SSSR count). The minimum absolute atomic E-state index is 0.0425. The molecule has 122 valence electrons. The second-order valence-electron chi connectivity index (χ2n) is 8.60. The van der Waals surface area contributed by atoms with E-state index in [1.54, 1.807) is 0 Å². The minimum Gasteiger partial charge on any atom is -0.322 e. The molecule has 1 aliphatic heterocycles. The van der Waals surface area contributed by atoms with Gasteiger partial charge in [-0.3, -0.25) is 10.1 Å². The first kappa shape index (κ1) is 16.8. The number of unbranched alkanes of at least 4 members (excludes halogenated alkanes) is 1. The molecule has 1 saturated heterocycles. The summed E-state index contributed by atoms with van der Waals surface area (Å²) < 4.78 is 0. The van der Waals surface area contributed by atoms with Crippen molar-refractivity contribution < 1.29 is 4.79 Å². The molecule has 2 atom stereocenters. The predicted molar refractivity (Wildman–Crippen MR) is 87.9 cm³/mol. The first-order valence-electron chi connectivity index (χ1n) is 8.72. The van der Waals surface area contributed by atoms with Crippen LogP contribution in [0.5, 0.6) is 0 Å². The second-order valence-corrected chi connectivity index (χ2v) is 8.60. The fraction of sp³-hybridized carbons (Fsp3) is 0.944. The molecule has 0 aromatic carbocycles. The van der Waals surface area contributed by atoms with Crippen molar-refractivity contribution in [3.63, 3.8) is 0 Å². The maximum Gasteiger partial charge on any atom is 0.241 e. The lowest BCUT2D eigenvalue weighted by Crippen LogP contribution is -2.42. The molecule has 1 N–H and O–H groups in total. The maximum absolute atomic E-state index is 12.9. The number of carbonyl (C=O) groups excluding carboxylic acids is 1. The Kier molecular flexibility index (Phi) is 4.45. The van der Waals surface area contributed by atoms with Crippen molar-refractivity contribution in [2.45, 2.75) is 92.4 Å². The van der Waals surface area contributed by atoms with E-state index in [1.807, 2.05) is 0 Å². The highest BCUT2D eigenvalue weighted by Gasteiger charge is 2.70. The molecule has 3 nitrogen and oxygen atoms in total. The van der Waals surface area contributed by atoms with E-state index in [4.69, 9.17) is 0 Å². The van der Waals surface area contributed by atoms with Crippen LogP contribution in [0.15, 0.2) is 0 Å². The summed E-state index contributed by atoms with van der Waals surface area (Å²) in [6.07, 6.45) is 4.54. The lowest BCUT2D eigenvalue weighted by atomic mass is 10.0. The molecular formula is C18H34N2O. The van der Waals surface area contributed by atoms with Crippen molar-refractivity contribution in [3.05, 3.63) is 0 Å². The lowest BCUT2D eigenvalue weighted by Gasteiger charge is -2.28. The van der Waals surface area contributed by atoms with E-state index in [-0.39, 0.29) is 23.0 Å². The van der Waals surface area contributed by atoms with Crippen LogP contribution in [0.4, 0.5) is 0 Å². The maximum atomic E-state index is 12.9. The Hall–Kier alpha value is -0.570. The number of hydrogen-bond acceptors (Lipinski definition) is 2. The predicted octanol–water partition coefficient (Wildman–Crippen LogP) is 3.78. The van der Waals surface area contributed by atoms with Crippen LogP contribution in [0.25, 0.3) is 0 Å². The molecule has 21 heavy (non-hydrogen) atoms. The van der Waals surface area contributed by atoms with Gasteiger partial charge in [0.25, 0.3) is 0 Å². The van der Waals surface area contributed by atoms with Crippen LogP contribution in [-0.4, -0.2) is 29.1 Å². The summed E-state index contributed by atoms with van der Waals surface area (Å²) in [7, 11) is 0. The smallest absolute Gasteiger partial charge is 0.241 e. The molecule has 1 saturated carbocycles.